The number of likely N-dealkylation sites (tertiary alicyclic amines) is 1. The van der Waals surface area contributed by atoms with E-state index in [-0.39, 0.29) is 23.7 Å². The molecule has 1 fully saturated rings. The standard InChI is InChI=1S/C22H26ClFN4O2/c1-14-18(8-9-20(25-14)22(30)27(2)3)21(29)26-17-5-4-10-28(13-17)12-15-6-7-16(24)11-19(15)23/h6-9,11,17H,4-5,10,12-13H2,1-3H3,(H,26,29). The molecule has 0 spiro atoms. The molecule has 0 saturated carbocycles. The van der Waals surface area contributed by atoms with Gasteiger partial charge >= 0.3 is 0 Å². The molecule has 8 heteroatoms. The number of rotatable bonds is 5. The minimum absolute atomic E-state index is 0.00652. The van der Waals surface area contributed by atoms with Gasteiger partial charge in [0.2, 0.25) is 0 Å². The van der Waals surface area contributed by atoms with E-state index < -0.39 is 0 Å². The third kappa shape index (κ3) is 5.34. The molecule has 1 aliphatic rings. The summed E-state index contributed by atoms with van der Waals surface area (Å²) in [5.74, 6) is -0.752. The number of hydrogen-bond acceptors (Lipinski definition) is 4. The summed E-state index contributed by atoms with van der Waals surface area (Å²) < 4.78 is 13.3. The third-order valence-corrected chi connectivity index (χ3v) is 5.56. The van der Waals surface area contributed by atoms with Gasteiger partial charge in [0.25, 0.3) is 11.8 Å². The van der Waals surface area contributed by atoms with Crippen LogP contribution in [0.2, 0.25) is 5.02 Å². The van der Waals surface area contributed by atoms with E-state index >= 15 is 0 Å². The zero-order chi connectivity index (χ0) is 21.8. The number of carbonyl (C=O) groups is 2. The van der Waals surface area contributed by atoms with E-state index in [4.69, 9.17) is 11.6 Å². The van der Waals surface area contributed by atoms with Crippen LogP contribution in [0.15, 0.2) is 30.3 Å². The Bertz CT molecular complexity index is 951. The predicted molar refractivity (Wildman–Crippen MR) is 114 cm³/mol. The number of nitrogens with zero attached hydrogens (tertiary/aromatic N) is 3. The van der Waals surface area contributed by atoms with E-state index in [1.54, 1.807) is 39.2 Å². The molecule has 2 aromatic rings. The van der Waals surface area contributed by atoms with Crippen LogP contribution in [-0.2, 0) is 6.54 Å². The Hall–Kier alpha value is -2.51. The molecule has 1 aromatic heterocycles. The van der Waals surface area contributed by atoms with Gasteiger partial charge in [-0.3, -0.25) is 14.5 Å². The zero-order valence-corrected chi connectivity index (χ0v) is 18.2. The average Bonchev–Trinajstić information content (AvgIpc) is 2.69. The smallest absolute Gasteiger partial charge is 0.271 e. The highest BCUT2D eigenvalue weighted by Gasteiger charge is 2.24. The number of benzene rings is 1. The van der Waals surface area contributed by atoms with Crippen molar-refractivity contribution in [3.63, 3.8) is 0 Å². The van der Waals surface area contributed by atoms with Gasteiger partial charge < -0.3 is 10.2 Å². The molecule has 1 aromatic carbocycles. The Morgan fingerprint density at radius 2 is 2.07 bits per heavy atom. The van der Waals surface area contributed by atoms with Crippen molar-refractivity contribution >= 4 is 23.4 Å². The molecule has 0 radical (unpaired) electrons. The van der Waals surface area contributed by atoms with Crippen LogP contribution in [0.5, 0.6) is 0 Å². The molecule has 2 heterocycles. The molecular formula is C22H26ClFN4O2. The molecule has 1 atom stereocenters. The lowest BCUT2D eigenvalue weighted by atomic mass is 10.0. The number of aryl methyl sites for hydroxylation is 1. The fourth-order valence-electron chi connectivity index (χ4n) is 3.62. The fourth-order valence-corrected chi connectivity index (χ4v) is 3.85. The first-order valence-corrected chi connectivity index (χ1v) is 10.3. The summed E-state index contributed by atoms with van der Waals surface area (Å²) in [6.07, 6.45) is 1.82. The third-order valence-electron chi connectivity index (χ3n) is 5.21. The molecule has 30 heavy (non-hydrogen) atoms. The number of pyridine rings is 1. The molecule has 6 nitrogen and oxygen atoms in total. The lowest BCUT2D eigenvalue weighted by molar-refractivity contribution is 0.0819. The van der Waals surface area contributed by atoms with Gasteiger partial charge in [-0.1, -0.05) is 17.7 Å². The monoisotopic (exact) mass is 432 g/mol. The molecule has 0 bridgehead atoms. The van der Waals surface area contributed by atoms with Gasteiger partial charge in [0.05, 0.1) is 11.3 Å². The highest BCUT2D eigenvalue weighted by atomic mass is 35.5. The average molecular weight is 433 g/mol. The van der Waals surface area contributed by atoms with Crippen LogP contribution in [0.1, 0.15) is 44.9 Å². The highest BCUT2D eigenvalue weighted by Crippen LogP contribution is 2.21. The molecule has 1 N–H and O–H groups in total. The molecule has 160 valence electrons. The first-order chi connectivity index (χ1) is 14.2. The van der Waals surface area contributed by atoms with Crippen LogP contribution < -0.4 is 5.32 Å². The quantitative estimate of drug-likeness (QED) is 0.787. The Morgan fingerprint density at radius 1 is 1.30 bits per heavy atom. The predicted octanol–water partition coefficient (Wildman–Crippen LogP) is 3.28. The number of amides is 2. The lowest BCUT2D eigenvalue weighted by Crippen LogP contribution is -2.47. The van der Waals surface area contributed by atoms with Crippen LogP contribution in [-0.4, -0.2) is 59.8 Å². The van der Waals surface area contributed by atoms with Crippen molar-refractivity contribution in [2.45, 2.75) is 32.4 Å². The van der Waals surface area contributed by atoms with Crippen LogP contribution >= 0.6 is 11.6 Å². The maximum absolute atomic E-state index is 13.3. The molecule has 0 aliphatic carbocycles. The molecule has 1 unspecified atom stereocenters. The SMILES string of the molecule is Cc1nc(C(=O)N(C)C)ccc1C(=O)NC1CCCN(Cc2ccc(F)cc2Cl)C1. The summed E-state index contributed by atoms with van der Waals surface area (Å²) in [4.78, 5) is 32.8. The van der Waals surface area contributed by atoms with Gasteiger partial charge in [-0.2, -0.15) is 0 Å². The summed E-state index contributed by atoms with van der Waals surface area (Å²) in [6.45, 7) is 3.91. The number of hydrogen-bond donors (Lipinski definition) is 1. The second kappa shape index (κ2) is 9.53. The van der Waals surface area contributed by atoms with Crippen molar-refractivity contribution in [3.8, 4) is 0 Å². The van der Waals surface area contributed by atoms with E-state index in [1.165, 1.54) is 17.0 Å². The van der Waals surface area contributed by atoms with Crippen LogP contribution in [0, 0.1) is 12.7 Å². The molecular weight excluding hydrogens is 407 g/mol. The van der Waals surface area contributed by atoms with Crippen molar-refractivity contribution in [1.29, 1.82) is 0 Å². The van der Waals surface area contributed by atoms with Crippen molar-refractivity contribution in [2.75, 3.05) is 27.2 Å². The number of piperidine rings is 1. The Labute approximate surface area is 181 Å². The topological polar surface area (TPSA) is 65.5 Å². The molecule has 1 saturated heterocycles. The Kier molecular flexibility index (Phi) is 7.05. The number of nitrogens with one attached hydrogen (secondary N) is 1. The van der Waals surface area contributed by atoms with Gasteiger partial charge in [-0.15, -0.1) is 0 Å². The minimum Gasteiger partial charge on any atom is -0.348 e. The Balaban J connectivity index is 1.63. The fraction of sp³-hybridized carbons (Fsp3) is 0.409. The second-order valence-corrected chi connectivity index (χ2v) is 8.22. The largest absolute Gasteiger partial charge is 0.348 e. The van der Waals surface area contributed by atoms with Crippen LogP contribution in [0.4, 0.5) is 4.39 Å². The number of aromatic nitrogens is 1. The van der Waals surface area contributed by atoms with Crippen molar-refractivity contribution in [1.82, 2.24) is 20.1 Å². The second-order valence-electron chi connectivity index (χ2n) is 7.81. The first kappa shape index (κ1) is 22.2. The maximum Gasteiger partial charge on any atom is 0.271 e. The highest BCUT2D eigenvalue weighted by molar-refractivity contribution is 6.31. The van der Waals surface area contributed by atoms with Crippen molar-refractivity contribution in [3.05, 3.63) is 63.7 Å². The normalized spacial score (nSPS) is 16.9. The van der Waals surface area contributed by atoms with Gasteiger partial charge in [0.1, 0.15) is 11.5 Å². The van der Waals surface area contributed by atoms with E-state index in [0.717, 1.165) is 24.9 Å². The zero-order valence-electron chi connectivity index (χ0n) is 17.4. The van der Waals surface area contributed by atoms with Gasteiger partial charge in [-0.05, 0) is 56.1 Å². The van der Waals surface area contributed by atoms with Gasteiger partial charge in [0.15, 0.2) is 0 Å². The summed E-state index contributed by atoms with van der Waals surface area (Å²) in [5, 5.41) is 3.49. The van der Waals surface area contributed by atoms with Crippen LogP contribution in [0.25, 0.3) is 0 Å². The minimum atomic E-state index is -0.352. The lowest BCUT2D eigenvalue weighted by Gasteiger charge is -2.33. The molecule has 2 amide bonds. The summed E-state index contributed by atoms with van der Waals surface area (Å²) >= 11 is 6.15. The van der Waals surface area contributed by atoms with Gasteiger partial charge in [-0.25, -0.2) is 9.37 Å². The maximum atomic E-state index is 13.3. The van der Waals surface area contributed by atoms with Crippen molar-refractivity contribution < 1.29 is 14.0 Å². The Morgan fingerprint density at radius 3 is 2.73 bits per heavy atom. The summed E-state index contributed by atoms with van der Waals surface area (Å²) in [6, 6.07) is 7.64. The summed E-state index contributed by atoms with van der Waals surface area (Å²) in [7, 11) is 3.32. The molecule has 1 aliphatic heterocycles. The van der Waals surface area contributed by atoms with E-state index in [2.05, 4.69) is 15.2 Å². The summed E-state index contributed by atoms with van der Waals surface area (Å²) in [5.41, 5.74) is 2.16. The van der Waals surface area contributed by atoms with Gasteiger partial charge in [0, 0.05) is 38.2 Å². The van der Waals surface area contributed by atoms with E-state index in [1.807, 2.05) is 0 Å². The van der Waals surface area contributed by atoms with Crippen LogP contribution in [0.3, 0.4) is 0 Å². The number of carbonyl (C=O) groups excluding carboxylic acids is 2. The van der Waals surface area contributed by atoms with E-state index in [0.29, 0.717) is 35.1 Å². The number of halogens is 2. The first-order valence-electron chi connectivity index (χ1n) is 9.91. The van der Waals surface area contributed by atoms with E-state index in [9.17, 15) is 14.0 Å². The molecule has 3 rings (SSSR count). The van der Waals surface area contributed by atoms with Crippen molar-refractivity contribution in [2.24, 2.45) is 0 Å².